The first-order valence-electron chi connectivity index (χ1n) is 5.29. The number of aliphatic hydroxyl groups is 1. The Hall–Kier alpha value is -0.290. The largest absolute Gasteiger partial charge is 0.415 e. The van der Waals surface area contributed by atoms with Crippen LogP contribution in [0.4, 0.5) is 13.2 Å². The molecule has 0 aromatic carbocycles. The van der Waals surface area contributed by atoms with Crippen molar-refractivity contribution >= 4 is 0 Å². The molecule has 0 spiro atoms. The third-order valence-electron chi connectivity index (χ3n) is 3.03. The van der Waals surface area contributed by atoms with Crippen LogP contribution in [0.1, 0.15) is 26.7 Å². The van der Waals surface area contributed by atoms with Crippen molar-refractivity contribution in [2.75, 3.05) is 13.1 Å². The van der Waals surface area contributed by atoms with Gasteiger partial charge in [-0.3, -0.25) is 4.90 Å². The molecule has 0 radical (unpaired) electrons. The fourth-order valence-corrected chi connectivity index (χ4v) is 1.96. The molecule has 0 aliphatic carbocycles. The molecular formula is C10H18F3NO. The lowest BCUT2D eigenvalue weighted by atomic mass is 9.95. The van der Waals surface area contributed by atoms with Crippen LogP contribution in [0.2, 0.25) is 0 Å². The summed E-state index contributed by atoms with van der Waals surface area (Å²) in [6.45, 7) is 4.29. The second-order valence-corrected chi connectivity index (χ2v) is 4.54. The van der Waals surface area contributed by atoms with Gasteiger partial charge in [0.2, 0.25) is 0 Å². The molecule has 1 heterocycles. The molecule has 1 aliphatic heterocycles. The molecule has 1 saturated heterocycles. The van der Waals surface area contributed by atoms with Gasteiger partial charge in [0.1, 0.15) is 0 Å². The van der Waals surface area contributed by atoms with Crippen molar-refractivity contribution in [2.24, 2.45) is 5.92 Å². The number of hydrogen-bond acceptors (Lipinski definition) is 2. The number of likely N-dealkylation sites (tertiary alicyclic amines) is 1. The maximum Gasteiger partial charge on any atom is 0.415 e. The van der Waals surface area contributed by atoms with Crippen molar-refractivity contribution in [3.05, 3.63) is 0 Å². The molecule has 1 fully saturated rings. The minimum Gasteiger partial charge on any atom is -0.382 e. The summed E-state index contributed by atoms with van der Waals surface area (Å²) in [5, 5.41) is 8.98. The van der Waals surface area contributed by atoms with Gasteiger partial charge < -0.3 is 5.11 Å². The number of piperidine rings is 1. The SMILES string of the molecule is CC1CCC(C)N(CC(O)C(F)(F)F)C1. The van der Waals surface area contributed by atoms with E-state index in [1.54, 1.807) is 4.90 Å². The Morgan fingerprint density at radius 3 is 2.47 bits per heavy atom. The summed E-state index contributed by atoms with van der Waals surface area (Å²) >= 11 is 0. The smallest absolute Gasteiger partial charge is 0.382 e. The van der Waals surface area contributed by atoms with Gasteiger partial charge in [-0.25, -0.2) is 0 Å². The average molecular weight is 225 g/mol. The number of aliphatic hydroxyl groups excluding tert-OH is 1. The van der Waals surface area contributed by atoms with Crippen molar-refractivity contribution in [1.82, 2.24) is 4.90 Å². The van der Waals surface area contributed by atoms with Crippen LogP contribution in [0.25, 0.3) is 0 Å². The number of nitrogens with zero attached hydrogens (tertiary/aromatic N) is 1. The Kier molecular flexibility index (Phi) is 4.00. The van der Waals surface area contributed by atoms with Gasteiger partial charge in [0.25, 0.3) is 0 Å². The zero-order valence-electron chi connectivity index (χ0n) is 9.09. The van der Waals surface area contributed by atoms with Crippen molar-refractivity contribution in [3.8, 4) is 0 Å². The number of halogens is 3. The van der Waals surface area contributed by atoms with Crippen LogP contribution in [0.15, 0.2) is 0 Å². The summed E-state index contributed by atoms with van der Waals surface area (Å²) in [4.78, 5) is 1.73. The summed E-state index contributed by atoms with van der Waals surface area (Å²) < 4.78 is 36.5. The zero-order valence-corrected chi connectivity index (χ0v) is 9.09. The summed E-state index contributed by atoms with van der Waals surface area (Å²) in [5.41, 5.74) is 0. The molecular weight excluding hydrogens is 207 g/mol. The van der Waals surface area contributed by atoms with Crippen molar-refractivity contribution < 1.29 is 18.3 Å². The highest BCUT2D eigenvalue weighted by Gasteiger charge is 2.40. The lowest BCUT2D eigenvalue weighted by Gasteiger charge is -2.38. The molecule has 0 saturated carbocycles. The van der Waals surface area contributed by atoms with E-state index in [0.29, 0.717) is 12.5 Å². The van der Waals surface area contributed by atoms with Gasteiger partial charge in [-0.2, -0.15) is 13.2 Å². The molecule has 2 nitrogen and oxygen atoms in total. The molecule has 3 atom stereocenters. The minimum absolute atomic E-state index is 0.137. The van der Waals surface area contributed by atoms with Crippen LogP contribution in [-0.4, -0.2) is 41.4 Å². The highest BCUT2D eigenvalue weighted by Crippen LogP contribution is 2.25. The van der Waals surface area contributed by atoms with E-state index in [1.807, 2.05) is 13.8 Å². The second-order valence-electron chi connectivity index (χ2n) is 4.54. The second kappa shape index (κ2) is 4.70. The van der Waals surface area contributed by atoms with Gasteiger partial charge in [0.15, 0.2) is 6.10 Å². The maximum absolute atomic E-state index is 12.2. The summed E-state index contributed by atoms with van der Waals surface area (Å²) in [6.07, 6.45) is -4.75. The molecule has 1 N–H and O–H groups in total. The highest BCUT2D eigenvalue weighted by molar-refractivity contribution is 4.80. The normalized spacial score (nSPS) is 31.6. The standard InChI is InChI=1S/C10H18F3NO/c1-7-3-4-8(2)14(5-7)6-9(15)10(11,12)13/h7-9,15H,3-6H2,1-2H3. The summed E-state index contributed by atoms with van der Waals surface area (Å²) in [6, 6.07) is 0.137. The van der Waals surface area contributed by atoms with E-state index in [1.165, 1.54) is 0 Å². The van der Waals surface area contributed by atoms with Gasteiger partial charge in [-0.1, -0.05) is 6.92 Å². The fourth-order valence-electron chi connectivity index (χ4n) is 1.96. The lowest BCUT2D eigenvalue weighted by Crippen LogP contribution is -2.48. The van der Waals surface area contributed by atoms with Crippen LogP contribution < -0.4 is 0 Å². The molecule has 5 heteroatoms. The molecule has 0 bridgehead atoms. The Morgan fingerprint density at radius 2 is 1.93 bits per heavy atom. The predicted octanol–water partition coefficient (Wildman–Crippen LogP) is 2.03. The molecule has 90 valence electrons. The highest BCUT2D eigenvalue weighted by atomic mass is 19.4. The Morgan fingerprint density at radius 1 is 1.33 bits per heavy atom. The van der Waals surface area contributed by atoms with Crippen molar-refractivity contribution in [2.45, 2.75) is 45.0 Å². The van der Waals surface area contributed by atoms with E-state index < -0.39 is 12.3 Å². The average Bonchev–Trinajstić information content (AvgIpc) is 2.09. The number of hydrogen-bond donors (Lipinski definition) is 1. The van der Waals surface area contributed by atoms with Crippen LogP contribution in [-0.2, 0) is 0 Å². The molecule has 0 aromatic heterocycles. The Balaban J connectivity index is 2.49. The topological polar surface area (TPSA) is 23.5 Å². The molecule has 1 rings (SSSR count). The third-order valence-corrected chi connectivity index (χ3v) is 3.03. The molecule has 1 aliphatic rings. The van der Waals surface area contributed by atoms with Crippen LogP contribution in [0.5, 0.6) is 0 Å². The maximum atomic E-state index is 12.2. The van der Waals surface area contributed by atoms with Crippen LogP contribution in [0.3, 0.4) is 0 Å². The van der Waals surface area contributed by atoms with Gasteiger partial charge in [-0.15, -0.1) is 0 Å². The molecule has 3 unspecified atom stereocenters. The van der Waals surface area contributed by atoms with E-state index in [4.69, 9.17) is 5.11 Å². The van der Waals surface area contributed by atoms with Gasteiger partial charge in [-0.05, 0) is 25.7 Å². The van der Waals surface area contributed by atoms with Crippen molar-refractivity contribution in [1.29, 1.82) is 0 Å². The first kappa shape index (κ1) is 12.8. The minimum atomic E-state index is -4.50. The summed E-state index contributed by atoms with van der Waals surface area (Å²) in [7, 11) is 0. The van der Waals surface area contributed by atoms with Gasteiger partial charge >= 0.3 is 6.18 Å². The van der Waals surface area contributed by atoms with Gasteiger partial charge in [0.05, 0.1) is 0 Å². The fraction of sp³-hybridized carbons (Fsp3) is 1.00. The van der Waals surface area contributed by atoms with E-state index in [-0.39, 0.29) is 12.6 Å². The number of β-amino-alcohol motifs (C(OH)–C–C–N with tert-alkyl or cyclic N) is 1. The van der Waals surface area contributed by atoms with E-state index in [2.05, 4.69) is 0 Å². The van der Waals surface area contributed by atoms with E-state index in [0.717, 1.165) is 12.8 Å². The monoisotopic (exact) mass is 225 g/mol. The van der Waals surface area contributed by atoms with E-state index >= 15 is 0 Å². The lowest BCUT2D eigenvalue weighted by molar-refractivity contribution is -0.210. The number of alkyl halides is 3. The molecule has 15 heavy (non-hydrogen) atoms. The van der Waals surface area contributed by atoms with Crippen molar-refractivity contribution in [3.63, 3.8) is 0 Å². The quantitative estimate of drug-likeness (QED) is 0.777. The summed E-state index contributed by atoms with van der Waals surface area (Å²) in [5.74, 6) is 0.418. The predicted molar refractivity (Wildman–Crippen MR) is 51.5 cm³/mol. The van der Waals surface area contributed by atoms with E-state index in [9.17, 15) is 13.2 Å². The number of rotatable bonds is 2. The van der Waals surface area contributed by atoms with Crippen LogP contribution >= 0.6 is 0 Å². The Labute approximate surface area is 88.1 Å². The van der Waals surface area contributed by atoms with Crippen LogP contribution in [0, 0.1) is 5.92 Å². The Bertz CT molecular complexity index is 207. The van der Waals surface area contributed by atoms with Gasteiger partial charge in [0, 0.05) is 19.1 Å². The zero-order chi connectivity index (χ0) is 11.6. The third kappa shape index (κ3) is 3.65. The molecule has 0 aromatic rings. The first-order valence-corrected chi connectivity index (χ1v) is 5.29. The first-order chi connectivity index (χ1) is 6.80. The molecule has 0 amide bonds.